The number of nitrogens with one attached hydrogen (secondary N) is 1. The summed E-state index contributed by atoms with van der Waals surface area (Å²) in [6.07, 6.45) is 1.67. The first-order valence-corrected chi connectivity index (χ1v) is 8.62. The van der Waals surface area contributed by atoms with Crippen molar-refractivity contribution in [1.29, 1.82) is 0 Å². The molecule has 2 aromatic rings. The standard InChI is InChI=1S/C18H17BrN2O3/c19-14-8-13(3-1-11(14)9-20)21-17(22)18(5-6-18)12-2-4-15-16(7-12)24-10-23-15/h1-4,7-8H,5-6,9-10,20H2,(H,21,22). The highest BCUT2D eigenvalue weighted by Crippen LogP contribution is 2.51. The van der Waals surface area contributed by atoms with Crippen molar-refractivity contribution in [2.45, 2.75) is 24.8 Å². The molecule has 1 amide bonds. The predicted octanol–water partition coefficient (Wildman–Crippen LogP) is 3.31. The highest BCUT2D eigenvalue weighted by Gasteiger charge is 2.51. The summed E-state index contributed by atoms with van der Waals surface area (Å²) in [7, 11) is 0. The molecule has 6 heteroatoms. The maximum Gasteiger partial charge on any atom is 0.235 e. The fourth-order valence-electron chi connectivity index (χ4n) is 3.01. The van der Waals surface area contributed by atoms with Crippen LogP contribution in [0.5, 0.6) is 11.5 Å². The fourth-order valence-corrected chi connectivity index (χ4v) is 3.55. The third-order valence-electron chi connectivity index (χ3n) is 4.64. The number of hydrogen-bond acceptors (Lipinski definition) is 4. The van der Waals surface area contributed by atoms with Crippen LogP contribution in [0.25, 0.3) is 0 Å². The Morgan fingerprint density at radius 2 is 1.96 bits per heavy atom. The van der Waals surface area contributed by atoms with Crippen LogP contribution in [-0.4, -0.2) is 12.7 Å². The fraction of sp³-hybridized carbons (Fsp3) is 0.278. The molecule has 1 heterocycles. The molecule has 1 aliphatic heterocycles. The molecule has 0 unspecified atom stereocenters. The van der Waals surface area contributed by atoms with Gasteiger partial charge in [-0.05, 0) is 48.2 Å². The summed E-state index contributed by atoms with van der Waals surface area (Å²) in [5.74, 6) is 1.45. The van der Waals surface area contributed by atoms with Crippen LogP contribution in [0.1, 0.15) is 24.0 Å². The number of fused-ring (bicyclic) bond motifs is 1. The van der Waals surface area contributed by atoms with E-state index in [-0.39, 0.29) is 12.7 Å². The van der Waals surface area contributed by atoms with Gasteiger partial charge in [0.15, 0.2) is 11.5 Å². The predicted molar refractivity (Wildman–Crippen MR) is 94.1 cm³/mol. The summed E-state index contributed by atoms with van der Waals surface area (Å²) in [5.41, 5.74) is 7.93. The summed E-state index contributed by atoms with van der Waals surface area (Å²) in [6.45, 7) is 0.690. The van der Waals surface area contributed by atoms with E-state index in [0.29, 0.717) is 12.3 Å². The summed E-state index contributed by atoms with van der Waals surface area (Å²) in [5, 5.41) is 3.02. The number of benzene rings is 2. The molecule has 0 atom stereocenters. The highest BCUT2D eigenvalue weighted by atomic mass is 79.9. The minimum atomic E-state index is -0.472. The van der Waals surface area contributed by atoms with Crippen LogP contribution in [0, 0.1) is 0 Å². The Bertz CT molecular complexity index is 818. The number of carbonyl (C=O) groups is 1. The summed E-state index contributed by atoms with van der Waals surface area (Å²) in [6, 6.07) is 11.4. The van der Waals surface area contributed by atoms with Gasteiger partial charge >= 0.3 is 0 Å². The van der Waals surface area contributed by atoms with Crippen LogP contribution < -0.4 is 20.5 Å². The lowest BCUT2D eigenvalue weighted by Gasteiger charge is -2.17. The molecular formula is C18H17BrN2O3. The summed E-state index contributed by atoms with van der Waals surface area (Å²) < 4.78 is 11.7. The van der Waals surface area contributed by atoms with Gasteiger partial charge in [-0.3, -0.25) is 4.79 Å². The van der Waals surface area contributed by atoms with Crippen LogP contribution in [0.2, 0.25) is 0 Å². The Morgan fingerprint density at radius 3 is 2.67 bits per heavy atom. The summed E-state index contributed by atoms with van der Waals surface area (Å²) >= 11 is 3.48. The van der Waals surface area contributed by atoms with Gasteiger partial charge in [-0.1, -0.05) is 28.1 Å². The molecule has 2 aromatic carbocycles. The van der Waals surface area contributed by atoms with Crippen LogP contribution >= 0.6 is 15.9 Å². The average molecular weight is 389 g/mol. The van der Waals surface area contributed by atoms with E-state index in [0.717, 1.165) is 39.9 Å². The molecule has 0 bridgehead atoms. The van der Waals surface area contributed by atoms with E-state index in [2.05, 4.69) is 21.2 Å². The van der Waals surface area contributed by atoms with Gasteiger partial charge in [-0.2, -0.15) is 0 Å². The van der Waals surface area contributed by atoms with E-state index in [4.69, 9.17) is 15.2 Å². The highest BCUT2D eigenvalue weighted by molar-refractivity contribution is 9.10. The van der Waals surface area contributed by atoms with Gasteiger partial charge in [0.05, 0.1) is 5.41 Å². The Morgan fingerprint density at radius 1 is 1.17 bits per heavy atom. The number of ether oxygens (including phenoxy) is 2. The molecule has 2 aliphatic rings. The number of hydrogen-bond donors (Lipinski definition) is 2. The maximum atomic E-state index is 12.8. The van der Waals surface area contributed by atoms with Crippen molar-refractivity contribution >= 4 is 27.5 Å². The number of amides is 1. The van der Waals surface area contributed by atoms with E-state index < -0.39 is 5.41 Å². The molecular weight excluding hydrogens is 372 g/mol. The van der Waals surface area contributed by atoms with Crippen molar-refractivity contribution in [2.75, 3.05) is 12.1 Å². The van der Waals surface area contributed by atoms with Crippen molar-refractivity contribution in [2.24, 2.45) is 5.73 Å². The van der Waals surface area contributed by atoms with Gasteiger partial charge in [-0.25, -0.2) is 0 Å². The summed E-state index contributed by atoms with van der Waals surface area (Å²) in [4.78, 5) is 12.8. The first kappa shape index (κ1) is 15.5. The van der Waals surface area contributed by atoms with E-state index in [1.807, 2.05) is 36.4 Å². The third kappa shape index (κ3) is 2.56. The second-order valence-electron chi connectivity index (χ2n) is 6.11. The zero-order valence-corrected chi connectivity index (χ0v) is 14.6. The number of nitrogens with two attached hydrogens (primary N) is 1. The Balaban J connectivity index is 1.56. The Kier molecular flexibility index (Phi) is 3.73. The molecule has 4 rings (SSSR count). The molecule has 124 valence electrons. The number of rotatable bonds is 4. The molecule has 0 aromatic heterocycles. The van der Waals surface area contributed by atoms with Gasteiger partial charge in [0.2, 0.25) is 12.7 Å². The van der Waals surface area contributed by atoms with E-state index in [9.17, 15) is 4.79 Å². The zero-order valence-electron chi connectivity index (χ0n) is 13.0. The molecule has 24 heavy (non-hydrogen) atoms. The molecule has 0 radical (unpaired) electrons. The molecule has 0 saturated heterocycles. The second-order valence-corrected chi connectivity index (χ2v) is 6.97. The molecule has 5 nitrogen and oxygen atoms in total. The quantitative estimate of drug-likeness (QED) is 0.842. The Labute approximate surface area is 148 Å². The molecule has 1 saturated carbocycles. The van der Waals surface area contributed by atoms with Gasteiger partial charge < -0.3 is 20.5 Å². The van der Waals surface area contributed by atoms with Crippen molar-refractivity contribution in [3.63, 3.8) is 0 Å². The molecule has 1 fully saturated rings. The molecule has 0 spiro atoms. The van der Waals surface area contributed by atoms with Crippen molar-refractivity contribution < 1.29 is 14.3 Å². The lowest BCUT2D eigenvalue weighted by atomic mass is 9.94. The van der Waals surface area contributed by atoms with Gasteiger partial charge in [0.1, 0.15) is 0 Å². The number of anilines is 1. The first-order valence-electron chi connectivity index (χ1n) is 7.82. The largest absolute Gasteiger partial charge is 0.454 e. The van der Waals surface area contributed by atoms with Crippen LogP contribution in [0.3, 0.4) is 0 Å². The van der Waals surface area contributed by atoms with Gasteiger partial charge in [0, 0.05) is 16.7 Å². The lowest BCUT2D eigenvalue weighted by Crippen LogP contribution is -2.27. The smallest absolute Gasteiger partial charge is 0.235 e. The lowest BCUT2D eigenvalue weighted by molar-refractivity contribution is -0.118. The topological polar surface area (TPSA) is 73.6 Å². The van der Waals surface area contributed by atoms with Crippen LogP contribution in [0.15, 0.2) is 40.9 Å². The van der Waals surface area contributed by atoms with Crippen molar-refractivity contribution in [1.82, 2.24) is 0 Å². The molecule has 3 N–H and O–H groups in total. The first-order chi connectivity index (χ1) is 11.6. The van der Waals surface area contributed by atoms with E-state index in [1.165, 1.54) is 0 Å². The van der Waals surface area contributed by atoms with E-state index in [1.54, 1.807) is 0 Å². The van der Waals surface area contributed by atoms with Gasteiger partial charge in [-0.15, -0.1) is 0 Å². The minimum Gasteiger partial charge on any atom is -0.454 e. The SMILES string of the molecule is NCc1ccc(NC(=O)C2(c3ccc4c(c3)OCO4)CC2)cc1Br. The van der Waals surface area contributed by atoms with Crippen molar-refractivity contribution in [3.8, 4) is 11.5 Å². The van der Waals surface area contributed by atoms with Crippen LogP contribution in [-0.2, 0) is 16.8 Å². The average Bonchev–Trinajstić information content (AvgIpc) is 3.26. The van der Waals surface area contributed by atoms with Crippen LogP contribution in [0.4, 0.5) is 5.69 Å². The monoisotopic (exact) mass is 388 g/mol. The van der Waals surface area contributed by atoms with E-state index >= 15 is 0 Å². The third-order valence-corrected chi connectivity index (χ3v) is 5.38. The second kappa shape index (κ2) is 5.79. The Hall–Kier alpha value is -2.05. The molecule has 1 aliphatic carbocycles. The van der Waals surface area contributed by atoms with Gasteiger partial charge in [0.25, 0.3) is 0 Å². The minimum absolute atomic E-state index is 0.00811. The maximum absolute atomic E-state index is 12.8. The number of halogens is 1. The normalized spacial score (nSPS) is 16.8. The number of carbonyl (C=O) groups excluding carboxylic acids is 1. The zero-order chi connectivity index (χ0) is 16.7. The van der Waals surface area contributed by atoms with Crippen molar-refractivity contribution in [3.05, 3.63) is 52.0 Å².